The van der Waals surface area contributed by atoms with E-state index in [-0.39, 0.29) is 23.6 Å². The van der Waals surface area contributed by atoms with Gasteiger partial charge >= 0.3 is 0 Å². The van der Waals surface area contributed by atoms with Crippen molar-refractivity contribution in [2.75, 3.05) is 6.61 Å². The van der Waals surface area contributed by atoms with Gasteiger partial charge < -0.3 is 4.74 Å². The Morgan fingerprint density at radius 2 is 2.05 bits per heavy atom. The minimum atomic E-state index is -0.583. The first kappa shape index (κ1) is 15.1. The third kappa shape index (κ3) is 3.85. The normalized spacial score (nSPS) is 10.2. The highest BCUT2D eigenvalue weighted by molar-refractivity contribution is 9.10. The van der Waals surface area contributed by atoms with Crippen molar-refractivity contribution < 1.29 is 18.8 Å². The number of Topliss-reactive ketones (excluding diaryl/α,β-unsaturated/α-hetero) is 1. The quantitative estimate of drug-likeness (QED) is 0.466. The Kier molecular flexibility index (Phi) is 4.64. The van der Waals surface area contributed by atoms with E-state index in [9.17, 15) is 19.3 Å². The van der Waals surface area contributed by atoms with E-state index < -0.39 is 16.5 Å². The van der Waals surface area contributed by atoms with Gasteiger partial charge in [0.2, 0.25) is 0 Å². The van der Waals surface area contributed by atoms with Crippen LogP contribution in [0.25, 0.3) is 0 Å². The maximum atomic E-state index is 13.1. The van der Waals surface area contributed by atoms with Crippen LogP contribution in [0.1, 0.15) is 10.4 Å². The van der Waals surface area contributed by atoms with Crippen LogP contribution in [-0.4, -0.2) is 17.3 Å². The minimum Gasteiger partial charge on any atom is -0.484 e. The number of halogens is 2. The van der Waals surface area contributed by atoms with Gasteiger partial charge in [0.1, 0.15) is 11.6 Å². The van der Waals surface area contributed by atoms with Gasteiger partial charge in [-0.2, -0.15) is 0 Å². The van der Waals surface area contributed by atoms with Crippen molar-refractivity contribution in [2.24, 2.45) is 0 Å². The summed E-state index contributed by atoms with van der Waals surface area (Å²) in [6, 6.07) is 9.20. The molecule has 0 saturated carbocycles. The highest BCUT2D eigenvalue weighted by atomic mass is 79.9. The third-order valence-electron chi connectivity index (χ3n) is 2.63. The fourth-order valence-corrected chi connectivity index (χ4v) is 1.97. The molecule has 0 aromatic heterocycles. The summed E-state index contributed by atoms with van der Waals surface area (Å²) in [7, 11) is 0. The van der Waals surface area contributed by atoms with Gasteiger partial charge in [-0.1, -0.05) is 12.1 Å². The lowest BCUT2D eigenvalue weighted by Crippen LogP contribution is -2.12. The number of ether oxygens (including phenoxy) is 1. The van der Waals surface area contributed by atoms with Crippen LogP contribution in [0.2, 0.25) is 0 Å². The molecule has 0 bridgehead atoms. The maximum Gasteiger partial charge on any atom is 0.270 e. The number of nitrogens with zero attached hydrogens (tertiary/aromatic N) is 1. The maximum absolute atomic E-state index is 13.1. The van der Waals surface area contributed by atoms with E-state index in [1.54, 1.807) is 0 Å². The molecule has 0 aliphatic rings. The Labute approximate surface area is 127 Å². The monoisotopic (exact) mass is 353 g/mol. The van der Waals surface area contributed by atoms with Crippen LogP contribution in [0.15, 0.2) is 46.9 Å². The molecule has 0 radical (unpaired) electrons. The average molecular weight is 354 g/mol. The van der Waals surface area contributed by atoms with E-state index in [4.69, 9.17) is 4.74 Å². The van der Waals surface area contributed by atoms with Crippen LogP contribution < -0.4 is 4.74 Å². The fraction of sp³-hybridized carbons (Fsp3) is 0.0714. The molecule has 0 spiro atoms. The number of non-ortho nitro benzene ring substituents is 1. The smallest absolute Gasteiger partial charge is 0.270 e. The summed E-state index contributed by atoms with van der Waals surface area (Å²) >= 11 is 3.18. The molecule has 108 valence electrons. The summed E-state index contributed by atoms with van der Waals surface area (Å²) in [5.41, 5.74) is -0.00971. The molecule has 2 aromatic carbocycles. The zero-order valence-electron chi connectivity index (χ0n) is 10.6. The molecule has 0 atom stereocenters. The van der Waals surface area contributed by atoms with Crippen molar-refractivity contribution in [1.82, 2.24) is 0 Å². The van der Waals surface area contributed by atoms with Crippen LogP contribution in [0.3, 0.4) is 0 Å². The van der Waals surface area contributed by atoms with E-state index in [2.05, 4.69) is 15.9 Å². The predicted molar refractivity (Wildman–Crippen MR) is 77.0 cm³/mol. The van der Waals surface area contributed by atoms with Gasteiger partial charge in [0, 0.05) is 23.8 Å². The zero-order chi connectivity index (χ0) is 15.4. The molecule has 0 N–H and O–H groups in total. The number of carbonyl (C=O) groups is 1. The molecule has 0 fully saturated rings. The molecule has 0 unspecified atom stereocenters. The molecule has 0 aliphatic carbocycles. The standard InChI is InChI=1S/C14H9BrFNO4/c15-12-5-4-10(16)7-14(12)21-8-13(18)9-2-1-3-11(6-9)17(19)20/h1-7H,8H2. The van der Waals surface area contributed by atoms with Crippen molar-refractivity contribution in [3.05, 3.63) is 68.4 Å². The molecule has 21 heavy (non-hydrogen) atoms. The SMILES string of the molecule is O=C(COc1cc(F)ccc1Br)c1cccc([N+](=O)[O-])c1. The third-order valence-corrected chi connectivity index (χ3v) is 3.29. The van der Waals surface area contributed by atoms with Crippen molar-refractivity contribution in [3.8, 4) is 5.75 Å². The van der Waals surface area contributed by atoms with Crippen LogP contribution in [-0.2, 0) is 0 Å². The second kappa shape index (κ2) is 6.45. The number of nitro benzene ring substituents is 1. The van der Waals surface area contributed by atoms with Crippen molar-refractivity contribution in [2.45, 2.75) is 0 Å². The summed E-state index contributed by atoms with van der Waals surface area (Å²) in [4.78, 5) is 22.0. The molecule has 0 aliphatic heterocycles. The minimum absolute atomic E-state index is 0.164. The second-order valence-electron chi connectivity index (χ2n) is 4.09. The summed E-state index contributed by atoms with van der Waals surface area (Å²) in [6.07, 6.45) is 0. The zero-order valence-corrected chi connectivity index (χ0v) is 12.2. The van der Waals surface area contributed by atoms with Gasteiger partial charge in [0.25, 0.3) is 5.69 Å². The first-order valence-corrected chi connectivity index (χ1v) is 6.62. The molecule has 7 heteroatoms. The summed E-state index contributed by atoms with van der Waals surface area (Å²) in [5, 5.41) is 10.7. The lowest BCUT2D eigenvalue weighted by atomic mass is 10.1. The Bertz CT molecular complexity index is 705. The highest BCUT2D eigenvalue weighted by Crippen LogP contribution is 2.25. The van der Waals surface area contributed by atoms with E-state index in [0.717, 1.165) is 6.07 Å². The van der Waals surface area contributed by atoms with Gasteiger partial charge in [-0.15, -0.1) is 0 Å². The van der Waals surface area contributed by atoms with Gasteiger partial charge in [-0.25, -0.2) is 4.39 Å². The Morgan fingerprint density at radius 3 is 2.76 bits per heavy atom. The Balaban J connectivity index is 2.10. The summed E-state index contributed by atoms with van der Waals surface area (Å²) in [5.74, 6) is -0.736. The Hall–Kier alpha value is -2.28. The largest absolute Gasteiger partial charge is 0.484 e. The molecule has 2 aromatic rings. The van der Waals surface area contributed by atoms with Gasteiger partial charge in [0.05, 0.1) is 9.40 Å². The van der Waals surface area contributed by atoms with E-state index in [0.29, 0.717) is 4.47 Å². The lowest BCUT2D eigenvalue weighted by Gasteiger charge is -2.07. The number of hydrogen-bond donors (Lipinski definition) is 0. The van der Waals surface area contributed by atoms with E-state index in [1.807, 2.05) is 0 Å². The predicted octanol–water partition coefficient (Wildman–Crippen LogP) is 3.76. The van der Waals surface area contributed by atoms with Crippen molar-refractivity contribution in [1.29, 1.82) is 0 Å². The summed E-state index contributed by atoms with van der Waals surface area (Å²) in [6.45, 7) is -0.344. The lowest BCUT2D eigenvalue weighted by molar-refractivity contribution is -0.384. The van der Waals surface area contributed by atoms with Gasteiger partial charge in [-0.3, -0.25) is 14.9 Å². The van der Waals surface area contributed by atoms with Crippen LogP contribution in [0.5, 0.6) is 5.75 Å². The topological polar surface area (TPSA) is 69.4 Å². The second-order valence-corrected chi connectivity index (χ2v) is 4.95. The van der Waals surface area contributed by atoms with Crippen LogP contribution in [0, 0.1) is 15.9 Å². The van der Waals surface area contributed by atoms with Crippen molar-refractivity contribution in [3.63, 3.8) is 0 Å². The van der Waals surface area contributed by atoms with E-state index in [1.165, 1.54) is 36.4 Å². The first-order valence-electron chi connectivity index (χ1n) is 5.83. The number of benzene rings is 2. The average Bonchev–Trinajstić information content (AvgIpc) is 2.48. The van der Waals surface area contributed by atoms with Gasteiger partial charge in [-0.05, 0) is 28.1 Å². The fourth-order valence-electron chi connectivity index (χ4n) is 1.61. The molecular weight excluding hydrogens is 345 g/mol. The number of rotatable bonds is 5. The van der Waals surface area contributed by atoms with Crippen molar-refractivity contribution >= 4 is 27.4 Å². The molecule has 0 saturated heterocycles. The van der Waals surface area contributed by atoms with E-state index >= 15 is 0 Å². The molecule has 5 nitrogen and oxygen atoms in total. The summed E-state index contributed by atoms with van der Waals surface area (Å²) < 4.78 is 18.8. The number of carbonyl (C=O) groups excluding carboxylic acids is 1. The first-order chi connectivity index (χ1) is 9.97. The van der Waals surface area contributed by atoms with Gasteiger partial charge in [0.15, 0.2) is 12.4 Å². The number of hydrogen-bond acceptors (Lipinski definition) is 4. The van der Waals surface area contributed by atoms with Crippen LogP contribution in [0.4, 0.5) is 10.1 Å². The Morgan fingerprint density at radius 1 is 1.29 bits per heavy atom. The highest BCUT2D eigenvalue weighted by Gasteiger charge is 2.13. The molecular formula is C14H9BrFNO4. The van der Waals surface area contributed by atoms with Crippen LogP contribution >= 0.6 is 15.9 Å². The molecule has 2 rings (SSSR count). The molecule has 0 amide bonds. The number of ketones is 1. The molecule has 0 heterocycles. The number of nitro groups is 1.